The minimum absolute atomic E-state index is 0.0340. The van der Waals surface area contributed by atoms with Gasteiger partial charge in [0.05, 0.1) is 21.3 Å². The summed E-state index contributed by atoms with van der Waals surface area (Å²) in [4.78, 5) is 37.7. The SMILES string of the molecule is Cn1c(=O)[nH]c(=O)n(-c2cc(Cl)c(Oc3ccc(C(F)(F)F)cc3)c(Cl)c2)c1=O. The molecule has 0 aliphatic heterocycles. The van der Waals surface area contributed by atoms with Crippen LogP contribution < -0.4 is 21.8 Å². The number of ether oxygens (including phenoxy) is 1. The van der Waals surface area contributed by atoms with Gasteiger partial charge in [-0.05, 0) is 36.4 Å². The Kier molecular flexibility index (Phi) is 5.33. The first-order valence-electron chi connectivity index (χ1n) is 7.76. The van der Waals surface area contributed by atoms with Crippen molar-refractivity contribution in [1.82, 2.24) is 14.1 Å². The predicted octanol–water partition coefficient (Wildman–Crippen LogP) is 3.34. The van der Waals surface area contributed by atoms with Crippen LogP contribution in [0.1, 0.15) is 5.56 Å². The summed E-state index contributed by atoms with van der Waals surface area (Å²) < 4.78 is 44.7. The normalized spacial score (nSPS) is 11.5. The molecule has 7 nitrogen and oxygen atoms in total. The number of halogens is 5. The number of H-pyrrole nitrogens is 1. The topological polar surface area (TPSA) is 86.1 Å². The van der Waals surface area contributed by atoms with Crippen molar-refractivity contribution in [2.45, 2.75) is 6.18 Å². The molecule has 1 aromatic heterocycles. The fourth-order valence-corrected chi connectivity index (χ4v) is 2.94. The van der Waals surface area contributed by atoms with Crippen LogP contribution in [-0.2, 0) is 13.2 Å². The van der Waals surface area contributed by atoms with E-state index in [4.69, 9.17) is 27.9 Å². The largest absolute Gasteiger partial charge is 0.454 e. The molecule has 0 fully saturated rings. The van der Waals surface area contributed by atoms with Crippen LogP contribution >= 0.6 is 23.2 Å². The smallest absolute Gasteiger partial charge is 0.416 e. The van der Waals surface area contributed by atoms with Gasteiger partial charge in [-0.2, -0.15) is 13.2 Å². The van der Waals surface area contributed by atoms with E-state index in [0.29, 0.717) is 9.13 Å². The van der Waals surface area contributed by atoms with E-state index in [1.165, 1.54) is 19.2 Å². The highest BCUT2D eigenvalue weighted by atomic mass is 35.5. The van der Waals surface area contributed by atoms with E-state index >= 15 is 0 Å². The van der Waals surface area contributed by atoms with Crippen LogP contribution in [0.25, 0.3) is 5.69 Å². The maximum absolute atomic E-state index is 12.6. The lowest BCUT2D eigenvalue weighted by Crippen LogP contribution is -2.47. The Morgan fingerprint density at radius 2 is 1.52 bits per heavy atom. The van der Waals surface area contributed by atoms with Gasteiger partial charge in [0.15, 0.2) is 5.75 Å². The van der Waals surface area contributed by atoms with Crippen molar-refractivity contribution in [2.75, 3.05) is 0 Å². The van der Waals surface area contributed by atoms with Gasteiger partial charge in [0, 0.05) is 7.05 Å². The van der Waals surface area contributed by atoms with Crippen LogP contribution in [-0.4, -0.2) is 14.1 Å². The zero-order chi connectivity index (χ0) is 21.5. The molecule has 0 aliphatic rings. The second-order valence-electron chi connectivity index (χ2n) is 5.78. The molecule has 0 radical (unpaired) electrons. The Bertz CT molecular complexity index is 1240. The van der Waals surface area contributed by atoms with Gasteiger partial charge in [-0.3, -0.25) is 4.98 Å². The molecule has 3 rings (SSSR count). The van der Waals surface area contributed by atoms with E-state index < -0.39 is 28.8 Å². The van der Waals surface area contributed by atoms with Gasteiger partial charge in [0.1, 0.15) is 5.75 Å². The Hall–Kier alpha value is -2.98. The highest BCUT2D eigenvalue weighted by Crippen LogP contribution is 2.38. The average molecular weight is 448 g/mol. The third-order valence-electron chi connectivity index (χ3n) is 3.84. The van der Waals surface area contributed by atoms with Crippen LogP contribution in [0.2, 0.25) is 10.0 Å². The van der Waals surface area contributed by atoms with Crippen LogP contribution in [0.15, 0.2) is 50.8 Å². The lowest BCUT2D eigenvalue weighted by molar-refractivity contribution is -0.137. The third-order valence-corrected chi connectivity index (χ3v) is 4.40. The quantitative estimate of drug-likeness (QED) is 0.666. The molecule has 0 amide bonds. The van der Waals surface area contributed by atoms with Gasteiger partial charge >= 0.3 is 23.2 Å². The van der Waals surface area contributed by atoms with E-state index in [9.17, 15) is 27.6 Å². The molecule has 152 valence electrons. The summed E-state index contributed by atoms with van der Waals surface area (Å²) in [5.74, 6) is -0.0576. The molecule has 0 spiro atoms. The van der Waals surface area contributed by atoms with Gasteiger partial charge < -0.3 is 4.74 Å². The molecule has 0 aliphatic carbocycles. The van der Waals surface area contributed by atoms with E-state index in [-0.39, 0.29) is 27.2 Å². The lowest BCUT2D eigenvalue weighted by atomic mass is 10.2. The first-order chi connectivity index (χ1) is 13.5. The number of aromatic nitrogens is 3. The number of nitrogens with zero attached hydrogens (tertiary/aromatic N) is 2. The standard InChI is InChI=1S/C17H10Cl2F3N3O4/c1-24-14(26)23-15(27)25(16(24)28)9-6-11(18)13(12(19)7-9)29-10-4-2-8(3-5-10)17(20,21)22/h2-7H,1H3,(H,23,26,27). The minimum Gasteiger partial charge on any atom is -0.454 e. The third kappa shape index (κ3) is 4.08. The molecule has 0 saturated heterocycles. The maximum atomic E-state index is 12.6. The summed E-state index contributed by atoms with van der Waals surface area (Å²) >= 11 is 12.3. The summed E-state index contributed by atoms with van der Waals surface area (Å²) in [6.45, 7) is 0. The molecule has 0 unspecified atom stereocenters. The lowest BCUT2D eigenvalue weighted by Gasteiger charge is -2.13. The van der Waals surface area contributed by atoms with Crippen molar-refractivity contribution < 1.29 is 17.9 Å². The molecule has 3 aromatic rings. The van der Waals surface area contributed by atoms with E-state index in [0.717, 1.165) is 24.3 Å². The van der Waals surface area contributed by atoms with Gasteiger partial charge in [0.25, 0.3) is 0 Å². The molecule has 0 saturated carbocycles. The molecule has 1 heterocycles. The zero-order valence-corrected chi connectivity index (χ0v) is 15.9. The van der Waals surface area contributed by atoms with Crippen LogP contribution in [0.5, 0.6) is 11.5 Å². The number of benzene rings is 2. The van der Waals surface area contributed by atoms with Gasteiger partial charge in [-0.15, -0.1) is 0 Å². The maximum Gasteiger partial charge on any atom is 0.416 e. The number of hydrogen-bond donors (Lipinski definition) is 1. The van der Waals surface area contributed by atoms with Crippen LogP contribution in [0.3, 0.4) is 0 Å². The minimum atomic E-state index is -4.49. The molecule has 29 heavy (non-hydrogen) atoms. The van der Waals surface area contributed by atoms with E-state index in [2.05, 4.69) is 0 Å². The predicted molar refractivity (Wildman–Crippen MR) is 99.4 cm³/mol. The summed E-state index contributed by atoms with van der Waals surface area (Å²) in [5.41, 5.74) is -3.72. The van der Waals surface area contributed by atoms with Gasteiger partial charge in [-0.25, -0.2) is 23.5 Å². The van der Waals surface area contributed by atoms with Crippen molar-refractivity contribution in [3.05, 3.63) is 83.5 Å². The van der Waals surface area contributed by atoms with Crippen LogP contribution in [0.4, 0.5) is 13.2 Å². The fourth-order valence-electron chi connectivity index (χ4n) is 2.39. The van der Waals surface area contributed by atoms with Crippen molar-refractivity contribution in [3.63, 3.8) is 0 Å². The highest BCUT2D eigenvalue weighted by molar-refractivity contribution is 6.37. The average Bonchev–Trinajstić information content (AvgIpc) is 2.62. The first kappa shape index (κ1) is 20.7. The Morgan fingerprint density at radius 3 is 2.03 bits per heavy atom. The first-order valence-corrected chi connectivity index (χ1v) is 8.51. The number of hydrogen-bond acceptors (Lipinski definition) is 4. The molecule has 0 atom stereocenters. The molecular weight excluding hydrogens is 438 g/mol. The van der Waals surface area contributed by atoms with Crippen molar-refractivity contribution in [1.29, 1.82) is 0 Å². The van der Waals surface area contributed by atoms with Crippen molar-refractivity contribution in [2.24, 2.45) is 7.05 Å². The Balaban J connectivity index is 2.02. The molecule has 0 bridgehead atoms. The van der Waals surface area contributed by atoms with Gasteiger partial charge in [0.2, 0.25) is 0 Å². The molecule has 1 N–H and O–H groups in total. The Labute approximate surface area is 169 Å². The van der Waals surface area contributed by atoms with Crippen molar-refractivity contribution >= 4 is 23.2 Å². The molecule has 12 heteroatoms. The molecular formula is C17H10Cl2F3N3O4. The number of nitrogens with one attached hydrogen (secondary N) is 1. The summed E-state index contributed by atoms with van der Waals surface area (Å²) in [6, 6.07) is 6.21. The zero-order valence-electron chi connectivity index (χ0n) is 14.4. The van der Waals surface area contributed by atoms with Gasteiger partial charge in [-0.1, -0.05) is 23.2 Å². The number of alkyl halides is 3. The van der Waals surface area contributed by atoms with Crippen molar-refractivity contribution in [3.8, 4) is 17.2 Å². The second-order valence-corrected chi connectivity index (χ2v) is 6.59. The summed E-state index contributed by atoms with van der Waals surface area (Å²) in [6.07, 6.45) is -4.49. The van der Waals surface area contributed by atoms with Crippen LogP contribution in [0, 0.1) is 0 Å². The number of rotatable bonds is 3. The second kappa shape index (κ2) is 7.45. The summed E-state index contributed by atoms with van der Waals surface area (Å²) in [5, 5.41) is -0.236. The number of aromatic amines is 1. The van der Waals surface area contributed by atoms with E-state index in [1.807, 2.05) is 4.98 Å². The van der Waals surface area contributed by atoms with E-state index in [1.54, 1.807) is 0 Å². The Morgan fingerprint density at radius 1 is 0.966 bits per heavy atom. The fraction of sp³-hybridized carbons (Fsp3) is 0.118. The monoisotopic (exact) mass is 447 g/mol. The highest BCUT2D eigenvalue weighted by Gasteiger charge is 2.30. The summed E-state index contributed by atoms with van der Waals surface area (Å²) in [7, 11) is 1.17. The molecule has 2 aromatic carbocycles.